The predicted molar refractivity (Wildman–Crippen MR) is 80.1 cm³/mol. The Kier molecular flexibility index (Phi) is 3.61. The van der Waals surface area contributed by atoms with Gasteiger partial charge in [0.25, 0.3) is 0 Å². The molecule has 0 amide bonds. The summed E-state index contributed by atoms with van der Waals surface area (Å²) in [6.07, 6.45) is 2.55. The van der Waals surface area contributed by atoms with Crippen molar-refractivity contribution in [3.8, 4) is 0 Å². The fourth-order valence-electron chi connectivity index (χ4n) is 2.11. The van der Waals surface area contributed by atoms with E-state index in [4.69, 9.17) is 0 Å². The normalized spacial score (nSPS) is 12.2. The average molecular weight is 282 g/mol. The van der Waals surface area contributed by atoms with Gasteiger partial charge in [-0.1, -0.05) is 6.07 Å². The van der Waals surface area contributed by atoms with Crippen LogP contribution in [0.1, 0.15) is 11.8 Å². The molecule has 0 saturated heterocycles. The molecule has 0 spiro atoms. The number of aromatic nitrogens is 3. The van der Waals surface area contributed by atoms with E-state index in [1.165, 1.54) is 6.07 Å². The minimum atomic E-state index is -0.826. The highest BCUT2D eigenvalue weighted by atomic mass is 16.3. The summed E-state index contributed by atoms with van der Waals surface area (Å²) in [5.41, 5.74) is 1.06. The van der Waals surface area contributed by atoms with Crippen molar-refractivity contribution in [2.45, 2.75) is 6.10 Å². The van der Waals surface area contributed by atoms with Crippen molar-refractivity contribution >= 4 is 16.7 Å². The van der Waals surface area contributed by atoms with Gasteiger partial charge in [-0.2, -0.15) is 0 Å². The molecular weight excluding hydrogens is 268 g/mol. The Labute approximate surface area is 120 Å². The molecule has 106 valence electrons. The maximum absolute atomic E-state index is 11.2. The van der Waals surface area contributed by atoms with Crippen LogP contribution in [0, 0.1) is 0 Å². The van der Waals surface area contributed by atoms with Crippen LogP contribution in [0.2, 0.25) is 0 Å². The Morgan fingerprint density at radius 1 is 1.14 bits per heavy atom. The third kappa shape index (κ3) is 2.90. The number of nitrogens with one attached hydrogen (secondary N) is 2. The molecule has 21 heavy (non-hydrogen) atoms. The van der Waals surface area contributed by atoms with Gasteiger partial charge in [0.1, 0.15) is 11.9 Å². The lowest BCUT2D eigenvalue weighted by Gasteiger charge is -2.13. The number of H-pyrrole nitrogens is 1. The molecule has 1 unspecified atom stereocenters. The minimum absolute atomic E-state index is 0.237. The average Bonchev–Trinajstić information content (AvgIpc) is 2.52. The molecule has 0 aliphatic heterocycles. The number of anilines is 1. The molecule has 0 fully saturated rings. The van der Waals surface area contributed by atoms with Crippen LogP contribution in [0.3, 0.4) is 0 Å². The summed E-state index contributed by atoms with van der Waals surface area (Å²) in [5.74, 6) is 0.651. The lowest BCUT2D eigenvalue weighted by Crippen LogP contribution is -2.17. The first-order valence-corrected chi connectivity index (χ1v) is 6.55. The molecular formula is C15H14N4O2. The second-order valence-electron chi connectivity index (χ2n) is 4.60. The smallest absolute Gasteiger partial charge is 0.248 e. The van der Waals surface area contributed by atoms with Gasteiger partial charge in [0, 0.05) is 36.1 Å². The summed E-state index contributed by atoms with van der Waals surface area (Å²) in [6, 6.07) is 10.3. The zero-order valence-electron chi connectivity index (χ0n) is 11.2. The van der Waals surface area contributed by atoms with Gasteiger partial charge in [0.15, 0.2) is 0 Å². The summed E-state index contributed by atoms with van der Waals surface area (Å²) in [6.45, 7) is 0.237. The van der Waals surface area contributed by atoms with Gasteiger partial charge in [0.2, 0.25) is 5.56 Å². The van der Waals surface area contributed by atoms with E-state index in [-0.39, 0.29) is 12.1 Å². The second-order valence-corrected chi connectivity index (χ2v) is 4.60. The summed E-state index contributed by atoms with van der Waals surface area (Å²) >= 11 is 0. The molecule has 0 bridgehead atoms. The third-order valence-corrected chi connectivity index (χ3v) is 3.14. The molecule has 3 aromatic heterocycles. The van der Waals surface area contributed by atoms with Gasteiger partial charge < -0.3 is 15.4 Å². The van der Waals surface area contributed by atoms with Gasteiger partial charge in [0.05, 0.1) is 5.52 Å². The number of fused-ring (bicyclic) bond motifs is 1. The van der Waals surface area contributed by atoms with Crippen LogP contribution in [0.4, 0.5) is 5.82 Å². The monoisotopic (exact) mass is 282 g/mol. The van der Waals surface area contributed by atoms with Crippen molar-refractivity contribution in [2.24, 2.45) is 0 Å². The molecule has 1 atom stereocenters. The number of hydrogen-bond donors (Lipinski definition) is 3. The van der Waals surface area contributed by atoms with Crippen LogP contribution >= 0.6 is 0 Å². The minimum Gasteiger partial charge on any atom is -0.385 e. The summed E-state index contributed by atoms with van der Waals surface area (Å²) < 4.78 is 0. The number of aromatic amines is 1. The van der Waals surface area contributed by atoms with Crippen molar-refractivity contribution < 1.29 is 5.11 Å². The Hall–Kier alpha value is -2.73. The second kappa shape index (κ2) is 5.72. The maximum Gasteiger partial charge on any atom is 0.248 e. The molecule has 6 nitrogen and oxygen atoms in total. The zero-order valence-corrected chi connectivity index (χ0v) is 11.2. The lowest BCUT2D eigenvalue weighted by molar-refractivity contribution is 0.186. The number of aliphatic hydroxyl groups is 1. The molecule has 0 radical (unpaired) electrons. The first-order valence-electron chi connectivity index (χ1n) is 6.55. The van der Waals surface area contributed by atoms with E-state index in [0.29, 0.717) is 11.5 Å². The molecule has 0 aliphatic carbocycles. The van der Waals surface area contributed by atoms with Gasteiger partial charge in [-0.25, -0.2) is 4.98 Å². The molecule has 3 rings (SSSR count). The summed E-state index contributed by atoms with van der Waals surface area (Å²) in [7, 11) is 0. The Balaban J connectivity index is 1.79. The number of hydrogen-bond acceptors (Lipinski definition) is 5. The van der Waals surface area contributed by atoms with E-state index >= 15 is 0 Å². The van der Waals surface area contributed by atoms with Gasteiger partial charge in [-0.15, -0.1) is 0 Å². The van der Waals surface area contributed by atoms with Gasteiger partial charge >= 0.3 is 0 Å². The third-order valence-electron chi connectivity index (χ3n) is 3.14. The van der Waals surface area contributed by atoms with Crippen molar-refractivity contribution in [2.75, 3.05) is 11.9 Å². The van der Waals surface area contributed by atoms with Crippen LogP contribution in [0.5, 0.6) is 0 Å². The van der Waals surface area contributed by atoms with E-state index < -0.39 is 6.10 Å². The Morgan fingerprint density at radius 2 is 2.05 bits per heavy atom. The first-order chi connectivity index (χ1) is 10.2. The van der Waals surface area contributed by atoms with E-state index in [9.17, 15) is 9.90 Å². The van der Waals surface area contributed by atoms with E-state index in [2.05, 4.69) is 20.3 Å². The van der Waals surface area contributed by atoms with Gasteiger partial charge in [-0.3, -0.25) is 9.78 Å². The summed E-state index contributed by atoms with van der Waals surface area (Å²) in [5, 5.41) is 14.1. The fourth-order valence-corrected chi connectivity index (χ4v) is 2.11. The number of rotatable bonds is 4. The number of nitrogens with zero attached hydrogens (tertiary/aromatic N) is 2. The highest BCUT2D eigenvalue weighted by Crippen LogP contribution is 2.19. The molecule has 6 heteroatoms. The lowest BCUT2D eigenvalue weighted by atomic mass is 10.2. The summed E-state index contributed by atoms with van der Waals surface area (Å²) in [4.78, 5) is 22.3. The van der Waals surface area contributed by atoms with Crippen molar-refractivity contribution in [3.63, 3.8) is 0 Å². The predicted octanol–water partition coefficient (Wildman–Crippen LogP) is 1.46. The Bertz CT molecular complexity index is 810. The standard InChI is InChI=1S/C15H14N4O2/c20-13(12-4-1-5-14(21)19-12)9-18-15-10-3-2-7-16-11(10)6-8-17-15/h1-8,13,20H,9H2,(H,17,18)(H,19,21). The van der Waals surface area contributed by atoms with E-state index in [1.807, 2.05) is 18.2 Å². The van der Waals surface area contributed by atoms with Crippen LogP contribution in [0.25, 0.3) is 10.9 Å². The molecule has 3 aromatic rings. The molecule has 3 N–H and O–H groups in total. The number of pyridine rings is 3. The van der Waals surface area contributed by atoms with Crippen LogP contribution in [0.15, 0.2) is 53.6 Å². The van der Waals surface area contributed by atoms with Gasteiger partial charge in [-0.05, 0) is 24.3 Å². The molecule has 0 aliphatic rings. The quantitative estimate of drug-likeness (QED) is 0.674. The topological polar surface area (TPSA) is 90.9 Å². The van der Waals surface area contributed by atoms with Crippen molar-refractivity contribution in [3.05, 3.63) is 64.8 Å². The van der Waals surface area contributed by atoms with Crippen LogP contribution < -0.4 is 10.9 Å². The van der Waals surface area contributed by atoms with Crippen LogP contribution in [-0.4, -0.2) is 26.6 Å². The number of aliphatic hydroxyl groups excluding tert-OH is 1. The Morgan fingerprint density at radius 3 is 2.90 bits per heavy atom. The van der Waals surface area contributed by atoms with Crippen LogP contribution in [-0.2, 0) is 0 Å². The highest BCUT2D eigenvalue weighted by Gasteiger charge is 2.09. The first kappa shape index (κ1) is 13.3. The highest BCUT2D eigenvalue weighted by molar-refractivity contribution is 5.88. The molecule has 0 aromatic carbocycles. The maximum atomic E-state index is 11.2. The SMILES string of the molecule is O=c1cccc(C(O)CNc2nccc3ncccc23)[nH]1. The zero-order chi connectivity index (χ0) is 14.7. The largest absolute Gasteiger partial charge is 0.385 e. The van der Waals surface area contributed by atoms with Crippen molar-refractivity contribution in [1.29, 1.82) is 0 Å². The van der Waals surface area contributed by atoms with E-state index in [0.717, 1.165) is 10.9 Å². The van der Waals surface area contributed by atoms with Crippen molar-refractivity contribution in [1.82, 2.24) is 15.0 Å². The van der Waals surface area contributed by atoms with E-state index in [1.54, 1.807) is 24.5 Å². The fraction of sp³-hybridized carbons (Fsp3) is 0.133. The molecule has 0 saturated carbocycles. The molecule has 3 heterocycles.